The van der Waals surface area contributed by atoms with E-state index in [1.54, 1.807) is 36.8 Å². The molecule has 2 bridgehead atoms. The minimum atomic E-state index is -4.17. The molecule has 0 saturated carbocycles. The summed E-state index contributed by atoms with van der Waals surface area (Å²) in [6.07, 6.45) is 1.59. The van der Waals surface area contributed by atoms with E-state index in [9.17, 15) is 23.5 Å². The van der Waals surface area contributed by atoms with Crippen molar-refractivity contribution in [3.8, 4) is 22.9 Å². The highest BCUT2D eigenvalue weighted by atomic mass is 32.2. The van der Waals surface area contributed by atoms with Crippen LogP contribution in [-0.4, -0.2) is 73.3 Å². The molecule has 190 valence electrons. The molecule has 36 heavy (non-hydrogen) atoms. The number of fused-ring (bicyclic) bond motifs is 3. The van der Waals surface area contributed by atoms with Gasteiger partial charge in [0.1, 0.15) is 30.0 Å². The first-order valence-corrected chi connectivity index (χ1v) is 12.4. The number of ether oxygens (including phenoxy) is 1. The molecule has 3 fully saturated rings. The normalized spacial score (nSPS) is 20.3. The van der Waals surface area contributed by atoms with E-state index in [-0.39, 0.29) is 18.7 Å². The lowest BCUT2D eigenvalue weighted by atomic mass is 9.91. The Balaban J connectivity index is 1.36. The van der Waals surface area contributed by atoms with Gasteiger partial charge in [-0.15, -0.1) is 0 Å². The minimum Gasteiger partial charge on any atom is -0.489 e. The van der Waals surface area contributed by atoms with E-state index < -0.39 is 17.5 Å². The number of rotatable bonds is 7. The van der Waals surface area contributed by atoms with Gasteiger partial charge in [-0.05, 0) is 38.5 Å². The third-order valence-electron chi connectivity index (χ3n) is 6.19. The van der Waals surface area contributed by atoms with E-state index in [0.717, 1.165) is 29.8 Å². The van der Waals surface area contributed by atoms with Gasteiger partial charge in [0, 0.05) is 42.5 Å². The van der Waals surface area contributed by atoms with Crippen molar-refractivity contribution in [2.75, 3.05) is 30.3 Å². The first-order chi connectivity index (χ1) is 17.0. The zero-order valence-electron chi connectivity index (χ0n) is 19.7. The number of hydrogen-bond donors (Lipinski definition) is 1. The van der Waals surface area contributed by atoms with Gasteiger partial charge in [-0.2, -0.15) is 23.5 Å². The van der Waals surface area contributed by atoms with Crippen molar-refractivity contribution < 1.29 is 23.0 Å². The van der Waals surface area contributed by atoms with Crippen molar-refractivity contribution in [1.82, 2.24) is 18.9 Å². The average Bonchev–Trinajstić information content (AvgIpc) is 3.24. The van der Waals surface area contributed by atoms with Crippen molar-refractivity contribution in [2.45, 2.75) is 44.1 Å². The number of nitriles is 1. The highest BCUT2D eigenvalue weighted by molar-refractivity contribution is 7.97. The number of halogens is 3. The molecule has 6 rings (SSSR count). The van der Waals surface area contributed by atoms with Crippen molar-refractivity contribution in [3.05, 3.63) is 42.4 Å². The fourth-order valence-corrected chi connectivity index (χ4v) is 5.61. The maximum absolute atomic E-state index is 12.6. The average molecular weight is 519 g/mol. The number of aromatic nitrogens is 3. The molecule has 0 aromatic carbocycles. The third kappa shape index (κ3) is 5.09. The SMILES string of the molecule is CC(C)(O)COc1cc(-c2ccc(N3CC4CC(C3)N4SCC(F)(F)F)nc2)c2c(C#N)cnn2c1. The molecule has 0 radical (unpaired) electrons. The molecule has 6 heterocycles. The predicted octanol–water partition coefficient (Wildman–Crippen LogP) is 3.89. The van der Waals surface area contributed by atoms with Crippen LogP contribution >= 0.6 is 11.9 Å². The largest absolute Gasteiger partial charge is 0.489 e. The molecular weight excluding hydrogens is 493 g/mol. The highest BCUT2D eigenvalue weighted by Gasteiger charge is 2.46. The molecule has 3 saturated heterocycles. The van der Waals surface area contributed by atoms with Crippen LogP contribution in [0.2, 0.25) is 0 Å². The second-order valence-corrected chi connectivity index (χ2v) is 10.7. The van der Waals surface area contributed by atoms with Gasteiger partial charge < -0.3 is 14.7 Å². The Kier molecular flexibility index (Phi) is 6.26. The van der Waals surface area contributed by atoms with Gasteiger partial charge in [-0.25, -0.2) is 13.8 Å². The van der Waals surface area contributed by atoms with Crippen LogP contribution in [0.15, 0.2) is 36.8 Å². The lowest BCUT2D eigenvalue weighted by Crippen LogP contribution is -2.66. The molecule has 3 aromatic rings. The quantitative estimate of drug-likeness (QED) is 0.472. The predicted molar refractivity (Wildman–Crippen MR) is 130 cm³/mol. The zero-order valence-corrected chi connectivity index (χ0v) is 20.6. The topological polar surface area (TPSA) is 89.9 Å². The molecule has 3 aliphatic heterocycles. The second kappa shape index (κ2) is 9.14. The number of alkyl halides is 3. The number of anilines is 1. The minimum absolute atomic E-state index is 0.0757. The van der Waals surface area contributed by atoms with E-state index in [2.05, 4.69) is 21.1 Å². The maximum Gasteiger partial charge on any atom is 0.399 e. The van der Waals surface area contributed by atoms with Crippen LogP contribution in [0.25, 0.3) is 16.6 Å². The van der Waals surface area contributed by atoms with Crippen LogP contribution in [-0.2, 0) is 0 Å². The van der Waals surface area contributed by atoms with Gasteiger partial charge in [0.05, 0.1) is 29.1 Å². The summed E-state index contributed by atoms with van der Waals surface area (Å²) in [6.45, 7) is 4.63. The summed E-state index contributed by atoms with van der Waals surface area (Å²) in [5, 5.41) is 23.9. The molecule has 1 N–H and O–H groups in total. The summed E-state index contributed by atoms with van der Waals surface area (Å²) in [7, 11) is 0. The van der Waals surface area contributed by atoms with Gasteiger partial charge in [0.2, 0.25) is 0 Å². The fourth-order valence-electron chi connectivity index (χ4n) is 4.59. The summed E-state index contributed by atoms with van der Waals surface area (Å²) in [5.74, 6) is 0.386. The Labute approximate surface area is 210 Å². The smallest absolute Gasteiger partial charge is 0.399 e. The monoisotopic (exact) mass is 518 g/mol. The number of nitrogens with zero attached hydrogens (tertiary/aromatic N) is 6. The number of piperazine rings is 1. The second-order valence-electron chi connectivity index (χ2n) is 9.76. The van der Waals surface area contributed by atoms with E-state index in [1.165, 1.54) is 6.20 Å². The molecule has 0 spiro atoms. The first kappa shape index (κ1) is 24.7. The molecule has 0 aliphatic carbocycles. The molecule has 3 aliphatic rings. The van der Waals surface area contributed by atoms with Crippen LogP contribution in [0.3, 0.4) is 0 Å². The van der Waals surface area contributed by atoms with Crippen LogP contribution in [0, 0.1) is 11.3 Å². The lowest BCUT2D eigenvalue weighted by Gasteiger charge is -2.55. The Hall–Kier alpha value is -3.01. The van der Waals surface area contributed by atoms with Crippen molar-refractivity contribution in [2.24, 2.45) is 0 Å². The molecule has 12 heteroatoms. The summed E-state index contributed by atoms with van der Waals surface area (Å²) >= 11 is 0.870. The number of aliphatic hydroxyl groups is 1. The van der Waals surface area contributed by atoms with Gasteiger partial charge in [0.25, 0.3) is 0 Å². The lowest BCUT2D eigenvalue weighted by molar-refractivity contribution is -0.106. The molecule has 2 atom stereocenters. The molecule has 3 aromatic heterocycles. The molecule has 8 nitrogen and oxygen atoms in total. The van der Waals surface area contributed by atoms with Gasteiger partial charge >= 0.3 is 6.18 Å². The summed E-state index contributed by atoms with van der Waals surface area (Å²) < 4.78 is 47.0. The summed E-state index contributed by atoms with van der Waals surface area (Å²) in [5.41, 5.74) is 1.50. The van der Waals surface area contributed by atoms with E-state index in [0.29, 0.717) is 35.5 Å². The van der Waals surface area contributed by atoms with Gasteiger partial charge in [-0.1, -0.05) is 11.9 Å². The molecule has 2 unspecified atom stereocenters. The molecule has 0 amide bonds. The van der Waals surface area contributed by atoms with Crippen LogP contribution in [0.1, 0.15) is 25.8 Å². The van der Waals surface area contributed by atoms with Gasteiger partial charge in [0.15, 0.2) is 0 Å². The Morgan fingerprint density at radius 1 is 1.22 bits per heavy atom. The van der Waals surface area contributed by atoms with E-state index in [4.69, 9.17) is 4.74 Å². The van der Waals surface area contributed by atoms with Crippen LogP contribution in [0.5, 0.6) is 5.75 Å². The number of pyridine rings is 2. The maximum atomic E-state index is 12.6. The summed E-state index contributed by atoms with van der Waals surface area (Å²) in [4.78, 5) is 6.74. The molecular formula is C24H25F3N6O2S. The zero-order chi connectivity index (χ0) is 25.7. The van der Waals surface area contributed by atoms with Crippen LogP contribution in [0.4, 0.5) is 19.0 Å². The standard InChI is InChI=1S/C24H25F3N6O2S/c1-23(2,34)13-35-19-6-20(22-16(7-28)9-30-32(22)12-19)15-3-4-21(29-8-15)31-10-17-5-18(11-31)33(17)36-14-24(25,26)27/h3-4,6,8-9,12,17-18,34H,5,10-11,13-14H2,1-2H3. The highest BCUT2D eigenvalue weighted by Crippen LogP contribution is 2.41. The van der Waals surface area contributed by atoms with E-state index >= 15 is 0 Å². The van der Waals surface area contributed by atoms with Crippen molar-refractivity contribution >= 4 is 23.3 Å². The Bertz CT molecular complexity index is 1290. The van der Waals surface area contributed by atoms with Crippen LogP contribution < -0.4 is 9.64 Å². The Morgan fingerprint density at radius 3 is 2.58 bits per heavy atom. The van der Waals surface area contributed by atoms with Crippen molar-refractivity contribution in [1.29, 1.82) is 5.26 Å². The van der Waals surface area contributed by atoms with Crippen molar-refractivity contribution in [3.63, 3.8) is 0 Å². The third-order valence-corrected chi connectivity index (χ3v) is 7.54. The van der Waals surface area contributed by atoms with Gasteiger partial charge in [-0.3, -0.25) is 0 Å². The fraction of sp³-hybridized carbons (Fsp3) is 0.458. The Morgan fingerprint density at radius 2 is 1.97 bits per heavy atom. The summed E-state index contributed by atoms with van der Waals surface area (Å²) in [6, 6.07) is 7.90. The first-order valence-electron chi connectivity index (χ1n) is 11.5. The number of piperidine rings is 1. The van der Waals surface area contributed by atoms with E-state index in [1.807, 2.05) is 16.4 Å². The number of hydrogen-bond acceptors (Lipinski definition) is 8.